The third-order valence-electron chi connectivity index (χ3n) is 4.12. The van der Waals surface area contributed by atoms with E-state index < -0.39 is 15.9 Å². The molecule has 128 valence electrons. The highest BCUT2D eigenvalue weighted by Crippen LogP contribution is 2.26. The van der Waals surface area contributed by atoms with Gasteiger partial charge in [0.15, 0.2) is 9.84 Å². The fourth-order valence-corrected chi connectivity index (χ4v) is 4.09. The van der Waals surface area contributed by atoms with E-state index in [1.807, 2.05) is 20.9 Å². The molecule has 1 atom stereocenters. The zero-order chi connectivity index (χ0) is 17.6. The summed E-state index contributed by atoms with van der Waals surface area (Å²) in [6, 6.07) is 1.18. The summed E-state index contributed by atoms with van der Waals surface area (Å²) >= 11 is 0. The molecule has 0 aliphatic carbocycles. The second-order valence-corrected chi connectivity index (χ2v) is 7.88. The van der Waals surface area contributed by atoms with Crippen LogP contribution >= 0.6 is 0 Å². The van der Waals surface area contributed by atoms with E-state index >= 15 is 0 Å². The van der Waals surface area contributed by atoms with Crippen molar-refractivity contribution in [2.24, 2.45) is 14.1 Å². The number of aromatic nitrogens is 4. The minimum absolute atomic E-state index is 0.107. The maximum absolute atomic E-state index is 12.4. The van der Waals surface area contributed by atoms with Gasteiger partial charge in [-0.3, -0.25) is 14.2 Å². The van der Waals surface area contributed by atoms with Crippen molar-refractivity contribution in [3.8, 4) is 11.3 Å². The molecule has 0 fully saturated rings. The van der Waals surface area contributed by atoms with E-state index in [0.717, 1.165) is 22.4 Å². The van der Waals surface area contributed by atoms with Gasteiger partial charge < -0.3 is 5.32 Å². The Balaban J connectivity index is 1.87. The first-order valence-corrected chi connectivity index (χ1v) is 9.16. The molecule has 9 heteroatoms. The molecular weight excluding hydrogens is 330 g/mol. The second kappa shape index (κ2) is 5.59. The molecule has 0 aromatic carbocycles. The van der Waals surface area contributed by atoms with E-state index in [0.29, 0.717) is 11.4 Å². The smallest absolute Gasteiger partial charge is 0.270 e. The summed E-state index contributed by atoms with van der Waals surface area (Å²) in [6.45, 7) is 3.84. The topological polar surface area (TPSA) is 98.9 Å². The van der Waals surface area contributed by atoms with Crippen LogP contribution in [0.25, 0.3) is 11.3 Å². The van der Waals surface area contributed by atoms with Crippen LogP contribution in [0.15, 0.2) is 17.6 Å². The summed E-state index contributed by atoms with van der Waals surface area (Å²) in [5.41, 5.74) is 3.73. The van der Waals surface area contributed by atoms with Crippen LogP contribution < -0.4 is 5.32 Å². The number of amides is 1. The van der Waals surface area contributed by atoms with Crippen LogP contribution in [0, 0.1) is 13.8 Å². The molecule has 1 aliphatic heterocycles. The molecule has 0 saturated carbocycles. The molecule has 1 aliphatic rings. The zero-order valence-corrected chi connectivity index (χ0v) is 14.8. The maximum Gasteiger partial charge on any atom is 0.270 e. The summed E-state index contributed by atoms with van der Waals surface area (Å²) < 4.78 is 26.1. The Morgan fingerprint density at radius 2 is 1.96 bits per heavy atom. The highest BCUT2D eigenvalue weighted by Gasteiger charge is 2.25. The van der Waals surface area contributed by atoms with Crippen molar-refractivity contribution in [3.05, 3.63) is 34.6 Å². The van der Waals surface area contributed by atoms with E-state index in [-0.39, 0.29) is 11.7 Å². The van der Waals surface area contributed by atoms with Crippen LogP contribution in [-0.4, -0.2) is 45.7 Å². The van der Waals surface area contributed by atoms with Crippen molar-refractivity contribution >= 4 is 15.7 Å². The van der Waals surface area contributed by atoms with Crippen LogP contribution in [-0.2, 0) is 23.9 Å². The highest BCUT2D eigenvalue weighted by atomic mass is 32.2. The van der Waals surface area contributed by atoms with Gasteiger partial charge >= 0.3 is 0 Å². The van der Waals surface area contributed by atoms with Gasteiger partial charge in [-0.15, -0.1) is 0 Å². The minimum Gasteiger partial charge on any atom is -0.343 e. The molecule has 1 N–H and O–H groups in total. The second-order valence-electron chi connectivity index (χ2n) is 5.95. The molecule has 2 aromatic rings. The van der Waals surface area contributed by atoms with E-state index in [1.165, 1.54) is 10.8 Å². The van der Waals surface area contributed by atoms with Crippen molar-refractivity contribution in [2.45, 2.75) is 19.9 Å². The third kappa shape index (κ3) is 2.86. The molecule has 0 bridgehead atoms. The van der Waals surface area contributed by atoms with Crippen molar-refractivity contribution in [1.82, 2.24) is 24.9 Å². The number of sulfone groups is 1. The Labute approximate surface area is 140 Å². The van der Waals surface area contributed by atoms with Gasteiger partial charge in [-0.1, -0.05) is 0 Å². The van der Waals surface area contributed by atoms with E-state index in [1.54, 1.807) is 17.8 Å². The predicted molar refractivity (Wildman–Crippen MR) is 89.1 cm³/mol. The Morgan fingerprint density at radius 1 is 1.25 bits per heavy atom. The highest BCUT2D eigenvalue weighted by molar-refractivity contribution is 7.94. The van der Waals surface area contributed by atoms with Crippen LogP contribution in [0.3, 0.4) is 0 Å². The Hall–Kier alpha value is -2.42. The fraction of sp³-hybridized carbons (Fsp3) is 0.400. The number of nitrogens with one attached hydrogen (secondary N) is 1. The van der Waals surface area contributed by atoms with E-state index in [9.17, 15) is 13.2 Å². The number of hydrogen-bond acceptors (Lipinski definition) is 5. The Bertz CT molecular complexity index is 952. The quantitative estimate of drug-likeness (QED) is 0.869. The van der Waals surface area contributed by atoms with Crippen LogP contribution in [0.5, 0.6) is 0 Å². The molecule has 0 radical (unpaired) electrons. The van der Waals surface area contributed by atoms with Crippen LogP contribution in [0.2, 0.25) is 0 Å². The standard InChI is InChI=1S/C15H19N5O3S/c1-9-14(10(2)19(3)17-9)12-7-13(20(4)18-12)15(21)16-11-5-6-24(22,23)8-11/h5-7,11H,8H2,1-4H3,(H,16,21)/t11-/m1/s1. The van der Waals surface area contributed by atoms with Gasteiger partial charge in [0.2, 0.25) is 0 Å². The van der Waals surface area contributed by atoms with Crippen molar-refractivity contribution in [3.63, 3.8) is 0 Å². The average molecular weight is 349 g/mol. The normalized spacial score (nSPS) is 18.9. The lowest BCUT2D eigenvalue weighted by Crippen LogP contribution is -2.36. The average Bonchev–Trinajstić information content (AvgIpc) is 3.08. The molecule has 8 nitrogen and oxygen atoms in total. The molecule has 24 heavy (non-hydrogen) atoms. The van der Waals surface area contributed by atoms with Gasteiger partial charge in [-0.25, -0.2) is 8.42 Å². The molecule has 0 unspecified atom stereocenters. The first kappa shape index (κ1) is 16.4. The number of nitrogens with zero attached hydrogens (tertiary/aromatic N) is 4. The molecule has 0 spiro atoms. The van der Waals surface area contributed by atoms with Crippen LogP contribution in [0.4, 0.5) is 0 Å². The number of carbonyl (C=O) groups excluding carboxylic acids is 1. The number of hydrogen-bond donors (Lipinski definition) is 1. The van der Waals surface area contributed by atoms with Gasteiger partial charge in [-0.2, -0.15) is 10.2 Å². The maximum atomic E-state index is 12.4. The Morgan fingerprint density at radius 3 is 2.50 bits per heavy atom. The first-order chi connectivity index (χ1) is 11.2. The minimum atomic E-state index is -3.21. The largest absolute Gasteiger partial charge is 0.343 e. The summed E-state index contributed by atoms with van der Waals surface area (Å²) in [5.74, 6) is -0.466. The third-order valence-corrected chi connectivity index (χ3v) is 5.52. The van der Waals surface area contributed by atoms with Crippen LogP contribution in [0.1, 0.15) is 21.9 Å². The lowest BCUT2D eigenvalue weighted by molar-refractivity contribution is 0.0938. The lowest BCUT2D eigenvalue weighted by atomic mass is 10.1. The molecular formula is C15H19N5O3S. The number of rotatable bonds is 3. The van der Waals surface area contributed by atoms with Gasteiger partial charge in [0.1, 0.15) is 5.69 Å². The summed E-state index contributed by atoms with van der Waals surface area (Å²) in [5, 5.41) is 12.6. The number of aryl methyl sites for hydroxylation is 3. The number of carbonyl (C=O) groups is 1. The molecule has 3 heterocycles. The molecule has 3 rings (SSSR count). The van der Waals surface area contributed by atoms with Gasteiger partial charge in [0.25, 0.3) is 5.91 Å². The zero-order valence-electron chi connectivity index (χ0n) is 13.9. The SMILES string of the molecule is Cc1nn(C)c(C)c1-c1cc(C(=O)N[C@@H]2C=CS(=O)(=O)C2)n(C)n1. The molecule has 0 saturated heterocycles. The summed E-state index contributed by atoms with van der Waals surface area (Å²) in [6.07, 6.45) is 1.49. The van der Waals surface area contributed by atoms with Crippen molar-refractivity contribution < 1.29 is 13.2 Å². The summed E-state index contributed by atoms with van der Waals surface area (Å²) in [4.78, 5) is 12.4. The van der Waals surface area contributed by atoms with Crippen molar-refractivity contribution in [2.75, 3.05) is 5.75 Å². The molecule has 2 aromatic heterocycles. The monoisotopic (exact) mass is 349 g/mol. The fourth-order valence-electron chi connectivity index (χ4n) is 2.85. The van der Waals surface area contributed by atoms with Gasteiger partial charge in [0.05, 0.1) is 23.2 Å². The first-order valence-electron chi connectivity index (χ1n) is 7.44. The van der Waals surface area contributed by atoms with E-state index in [4.69, 9.17) is 0 Å². The lowest BCUT2D eigenvalue weighted by Gasteiger charge is -2.09. The molecule has 1 amide bonds. The van der Waals surface area contributed by atoms with Gasteiger partial charge in [-0.05, 0) is 26.0 Å². The Kier molecular flexibility index (Phi) is 3.83. The van der Waals surface area contributed by atoms with Gasteiger partial charge in [0, 0.05) is 30.8 Å². The predicted octanol–water partition coefficient (Wildman–Crippen LogP) is 0.478. The van der Waals surface area contributed by atoms with E-state index in [2.05, 4.69) is 15.5 Å². The van der Waals surface area contributed by atoms with Crippen molar-refractivity contribution in [1.29, 1.82) is 0 Å². The summed E-state index contributed by atoms with van der Waals surface area (Å²) in [7, 11) is 0.329.